The van der Waals surface area contributed by atoms with Crippen molar-refractivity contribution in [3.63, 3.8) is 0 Å². The lowest BCUT2D eigenvalue weighted by molar-refractivity contribution is 0.519. The Morgan fingerprint density at radius 1 is 1.12 bits per heavy atom. The van der Waals surface area contributed by atoms with Crippen molar-refractivity contribution in [2.24, 2.45) is 4.99 Å². The lowest BCUT2D eigenvalue weighted by atomic mass is 10.2. The molecule has 8 heteroatoms. The van der Waals surface area contributed by atoms with Crippen LogP contribution in [0.15, 0.2) is 51.7 Å². The van der Waals surface area contributed by atoms with Crippen molar-refractivity contribution < 1.29 is 8.42 Å². The highest BCUT2D eigenvalue weighted by molar-refractivity contribution is 7.89. The van der Waals surface area contributed by atoms with E-state index in [4.69, 9.17) is 0 Å². The first-order valence-electron chi connectivity index (χ1n) is 7.42. The molecule has 2 aromatic rings. The minimum Gasteiger partial charge on any atom is -0.352 e. The SMILES string of the molecule is CN=C(NCc1cccs1)NCc1ccccc1S(=O)(=O)N(C)C. The van der Waals surface area contributed by atoms with Crippen LogP contribution in [0.3, 0.4) is 0 Å². The summed E-state index contributed by atoms with van der Waals surface area (Å²) in [6.07, 6.45) is 0. The molecule has 6 nitrogen and oxygen atoms in total. The van der Waals surface area contributed by atoms with Gasteiger partial charge in [-0.25, -0.2) is 12.7 Å². The minimum absolute atomic E-state index is 0.302. The van der Waals surface area contributed by atoms with Gasteiger partial charge in [0.15, 0.2) is 5.96 Å². The molecular formula is C16H22N4O2S2. The van der Waals surface area contributed by atoms with E-state index in [9.17, 15) is 8.42 Å². The first kappa shape index (κ1) is 18.4. The quantitative estimate of drug-likeness (QED) is 0.605. The van der Waals surface area contributed by atoms with Gasteiger partial charge in [0.05, 0.1) is 11.4 Å². The molecule has 1 aromatic heterocycles. The van der Waals surface area contributed by atoms with Crippen LogP contribution in [0.2, 0.25) is 0 Å². The van der Waals surface area contributed by atoms with Gasteiger partial charge < -0.3 is 10.6 Å². The summed E-state index contributed by atoms with van der Waals surface area (Å²) in [5.74, 6) is 0.625. The van der Waals surface area contributed by atoms with E-state index in [0.717, 1.165) is 0 Å². The molecule has 0 fully saturated rings. The third-order valence-corrected chi connectivity index (χ3v) is 6.20. The van der Waals surface area contributed by atoms with E-state index in [1.807, 2.05) is 23.6 Å². The predicted octanol–water partition coefficient (Wildman–Crippen LogP) is 1.86. The van der Waals surface area contributed by atoms with Gasteiger partial charge in [-0.15, -0.1) is 11.3 Å². The maximum atomic E-state index is 12.4. The van der Waals surface area contributed by atoms with Crippen molar-refractivity contribution >= 4 is 27.3 Å². The van der Waals surface area contributed by atoms with Crippen LogP contribution in [0.5, 0.6) is 0 Å². The summed E-state index contributed by atoms with van der Waals surface area (Å²) in [5.41, 5.74) is 0.699. The monoisotopic (exact) mass is 366 g/mol. The highest BCUT2D eigenvalue weighted by Crippen LogP contribution is 2.18. The molecule has 0 atom stereocenters. The van der Waals surface area contributed by atoms with Gasteiger partial charge in [-0.2, -0.15) is 0 Å². The second-order valence-corrected chi connectivity index (χ2v) is 8.41. The summed E-state index contributed by atoms with van der Waals surface area (Å²) >= 11 is 1.67. The van der Waals surface area contributed by atoms with Gasteiger partial charge in [0.25, 0.3) is 0 Å². The van der Waals surface area contributed by atoms with Crippen molar-refractivity contribution in [1.29, 1.82) is 0 Å². The van der Waals surface area contributed by atoms with Crippen LogP contribution < -0.4 is 10.6 Å². The maximum absolute atomic E-state index is 12.4. The van der Waals surface area contributed by atoms with Crippen LogP contribution >= 0.6 is 11.3 Å². The average Bonchev–Trinajstić information content (AvgIpc) is 3.08. The number of thiophene rings is 1. The molecule has 2 N–H and O–H groups in total. The molecule has 0 saturated carbocycles. The molecule has 2 rings (SSSR count). The first-order valence-corrected chi connectivity index (χ1v) is 9.74. The van der Waals surface area contributed by atoms with Crippen LogP contribution in [-0.4, -0.2) is 39.8 Å². The zero-order chi connectivity index (χ0) is 17.6. The lowest BCUT2D eigenvalue weighted by Crippen LogP contribution is -2.36. The molecule has 0 amide bonds. The molecule has 0 aliphatic carbocycles. The first-order chi connectivity index (χ1) is 11.4. The zero-order valence-electron chi connectivity index (χ0n) is 14.0. The second-order valence-electron chi connectivity index (χ2n) is 5.25. The van der Waals surface area contributed by atoms with Crippen molar-refractivity contribution in [1.82, 2.24) is 14.9 Å². The summed E-state index contributed by atoms with van der Waals surface area (Å²) in [7, 11) is 1.27. The van der Waals surface area contributed by atoms with Gasteiger partial charge >= 0.3 is 0 Å². The summed E-state index contributed by atoms with van der Waals surface area (Å²) in [5, 5.41) is 8.40. The standard InChI is InChI=1S/C16H22N4O2S2/c1-17-16(19-12-14-8-6-10-23-14)18-11-13-7-4-5-9-15(13)24(21,22)20(2)3/h4-10H,11-12H2,1-3H3,(H2,17,18,19). The summed E-state index contributed by atoms with van der Waals surface area (Å²) in [6, 6.07) is 11.0. The van der Waals surface area contributed by atoms with E-state index < -0.39 is 10.0 Å². The van der Waals surface area contributed by atoms with Gasteiger partial charge in [0.2, 0.25) is 10.0 Å². The van der Waals surface area contributed by atoms with Gasteiger partial charge in [0.1, 0.15) is 0 Å². The number of benzene rings is 1. The molecule has 0 aliphatic rings. The lowest BCUT2D eigenvalue weighted by Gasteiger charge is -2.16. The van der Waals surface area contributed by atoms with E-state index in [0.29, 0.717) is 29.5 Å². The molecule has 0 unspecified atom stereocenters. The normalized spacial score (nSPS) is 12.4. The van der Waals surface area contributed by atoms with Gasteiger partial charge in [-0.1, -0.05) is 24.3 Å². The number of aliphatic imine (C=N–C) groups is 1. The van der Waals surface area contributed by atoms with Crippen molar-refractivity contribution in [3.05, 3.63) is 52.2 Å². The largest absolute Gasteiger partial charge is 0.352 e. The number of hydrogen-bond acceptors (Lipinski definition) is 4. The number of guanidine groups is 1. The smallest absolute Gasteiger partial charge is 0.242 e. The molecule has 1 aromatic carbocycles. The van der Waals surface area contributed by atoms with E-state index in [-0.39, 0.29) is 0 Å². The molecule has 130 valence electrons. The molecular weight excluding hydrogens is 344 g/mol. The molecule has 0 spiro atoms. The van der Waals surface area contributed by atoms with E-state index in [1.54, 1.807) is 36.6 Å². The Morgan fingerprint density at radius 2 is 1.83 bits per heavy atom. The van der Waals surface area contributed by atoms with E-state index in [1.165, 1.54) is 23.3 Å². The van der Waals surface area contributed by atoms with Gasteiger partial charge in [-0.05, 0) is 23.1 Å². The van der Waals surface area contributed by atoms with Gasteiger partial charge in [0, 0.05) is 32.6 Å². The van der Waals surface area contributed by atoms with Crippen LogP contribution in [0, 0.1) is 0 Å². The Morgan fingerprint density at radius 3 is 2.46 bits per heavy atom. The Labute approximate surface area is 147 Å². The molecule has 0 radical (unpaired) electrons. The minimum atomic E-state index is -3.48. The molecule has 24 heavy (non-hydrogen) atoms. The Kier molecular flexibility index (Phi) is 6.36. The second kappa shape index (κ2) is 8.27. The van der Waals surface area contributed by atoms with Crippen LogP contribution in [0.1, 0.15) is 10.4 Å². The number of sulfonamides is 1. The van der Waals surface area contributed by atoms with Crippen molar-refractivity contribution in [2.75, 3.05) is 21.1 Å². The highest BCUT2D eigenvalue weighted by atomic mass is 32.2. The number of nitrogens with one attached hydrogen (secondary N) is 2. The fourth-order valence-electron chi connectivity index (χ4n) is 2.08. The highest BCUT2D eigenvalue weighted by Gasteiger charge is 2.20. The molecule has 0 bridgehead atoms. The summed E-state index contributed by atoms with van der Waals surface area (Å²) < 4.78 is 26.0. The maximum Gasteiger partial charge on any atom is 0.242 e. The van der Waals surface area contributed by atoms with Crippen LogP contribution in [0.4, 0.5) is 0 Å². The topological polar surface area (TPSA) is 73.8 Å². The summed E-state index contributed by atoms with van der Waals surface area (Å²) in [6.45, 7) is 1.04. The number of rotatable bonds is 6. The molecule has 1 heterocycles. The van der Waals surface area contributed by atoms with Crippen LogP contribution in [-0.2, 0) is 23.1 Å². The number of nitrogens with zero attached hydrogens (tertiary/aromatic N) is 2. The summed E-state index contributed by atoms with van der Waals surface area (Å²) in [4.78, 5) is 5.67. The van der Waals surface area contributed by atoms with Gasteiger partial charge in [-0.3, -0.25) is 4.99 Å². The van der Waals surface area contributed by atoms with Crippen molar-refractivity contribution in [2.45, 2.75) is 18.0 Å². The van der Waals surface area contributed by atoms with E-state index in [2.05, 4.69) is 15.6 Å². The predicted molar refractivity (Wildman–Crippen MR) is 98.7 cm³/mol. The average molecular weight is 367 g/mol. The third-order valence-electron chi connectivity index (χ3n) is 3.41. The third kappa shape index (κ3) is 4.56. The van der Waals surface area contributed by atoms with Crippen LogP contribution in [0.25, 0.3) is 0 Å². The molecule has 0 saturated heterocycles. The fraction of sp³-hybridized carbons (Fsp3) is 0.312. The Balaban J connectivity index is 2.06. The van der Waals surface area contributed by atoms with E-state index >= 15 is 0 Å². The number of hydrogen-bond donors (Lipinski definition) is 2. The zero-order valence-corrected chi connectivity index (χ0v) is 15.6. The Hall–Kier alpha value is -1.90. The van der Waals surface area contributed by atoms with Crippen molar-refractivity contribution in [3.8, 4) is 0 Å². The molecule has 0 aliphatic heterocycles. The Bertz CT molecular complexity index is 784. The fourth-order valence-corrected chi connectivity index (χ4v) is 3.84.